The number of alkyl halides is 1. The molecule has 2 aromatic carbocycles. The van der Waals surface area contributed by atoms with Gasteiger partial charge in [-0.25, -0.2) is 4.39 Å². The van der Waals surface area contributed by atoms with Crippen molar-refractivity contribution in [3.05, 3.63) is 65.7 Å². The van der Waals surface area contributed by atoms with E-state index in [9.17, 15) is 14.0 Å². The van der Waals surface area contributed by atoms with Crippen LogP contribution in [-0.2, 0) is 20.7 Å². The van der Waals surface area contributed by atoms with Crippen LogP contribution in [0.25, 0.3) is 0 Å². The predicted molar refractivity (Wildman–Crippen MR) is 92.9 cm³/mol. The van der Waals surface area contributed by atoms with Gasteiger partial charge in [-0.05, 0) is 37.0 Å². The monoisotopic (exact) mass is 341 g/mol. The first kappa shape index (κ1) is 17.1. The molecule has 1 saturated carbocycles. The molecule has 1 aliphatic carbocycles. The molecule has 1 fully saturated rings. The van der Waals surface area contributed by atoms with Crippen LogP contribution >= 0.6 is 0 Å². The Morgan fingerprint density at radius 1 is 1.16 bits per heavy atom. The SMILES string of the molecule is CC(OC(=O)[C@@H]1C[C@@H]1F)C(=O)Nc1ccccc1Cc1ccccc1. The van der Waals surface area contributed by atoms with E-state index in [1.807, 2.05) is 54.6 Å². The van der Waals surface area contributed by atoms with E-state index in [4.69, 9.17) is 4.74 Å². The molecule has 0 spiro atoms. The lowest BCUT2D eigenvalue weighted by molar-refractivity contribution is -0.154. The molecule has 2 aromatic rings. The smallest absolute Gasteiger partial charge is 0.312 e. The lowest BCUT2D eigenvalue weighted by Crippen LogP contribution is -2.31. The highest BCUT2D eigenvalue weighted by atomic mass is 19.1. The maximum atomic E-state index is 12.9. The minimum absolute atomic E-state index is 0.188. The lowest BCUT2D eigenvalue weighted by Gasteiger charge is -2.15. The van der Waals surface area contributed by atoms with Crippen LogP contribution in [0.1, 0.15) is 24.5 Å². The number of anilines is 1. The van der Waals surface area contributed by atoms with Gasteiger partial charge in [0, 0.05) is 5.69 Å². The van der Waals surface area contributed by atoms with Crippen molar-refractivity contribution in [2.24, 2.45) is 5.92 Å². The minimum Gasteiger partial charge on any atom is -0.452 e. The third-order valence-corrected chi connectivity index (χ3v) is 4.19. The first-order valence-corrected chi connectivity index (χ1v) is 8.32. The topological polar surface area (TPSA) is 55.4 Å². The van der Waals surface area contributed by atoms with Gasteiger partial charge in [0.1, 0.15) is 6.17 Å². The van der Waals surface area contributed by atoms with Gasteiger partial charge in [-0.1, -0.05) is 48.5 Å². The van der Waals surface area contributed by atoms with Crippen molar-refractivity contribution >= 4 is 17.6 Å². The molecule has 1 amide bonds. The molecule has 0 heterocycles. The summed E-state index contributed by atoms with van der Waals surface area (Å²) < 4.78 is 17.9. The van der Waals surface area contributed by atoms with Crippen molar-refractivity contribution in [1.29, 1.82) is 0 Å². The number of esters is 1. The molecule has 0 bridgehead atoms. The number of carbonyl (C=O) groups excluding carboxylic acids is 2. The molecule has 130 valence electrons. The molecule has 0 radical (unpaired) electrons. The number of hydrogen-bond acceptors (Lipinski definition) is 3. The highest BCUT2D eigenvalue weighted by Gasteiger charge is 2.45. The van der Waals surface area contributed by atoms with Gasteiger partial charge in [-0.3, -0.25) is 9.59 Å². The number of rotatable bonds is 6. The van der Waals surface area contributed by atoms with E-state index in [2.05, 4.69) is 5.32 Å². The largest absolute Gasteiger partial charge is 0.452 e. The van der Waals surface area contributed by atoms with Crippen LogP contribution in [0.2, 0.25) is 0 Å². The maximum absolute atomic E-state index is 12.9. The van der Waals surface area contributed by atoms with Gasteiger partial charge in [0.15, 0.2) is 6.10 Å². The van der Waals surface area contributed by atoms with Crippen LogP contribution in [0.5, 0.6) is 0 Å². The Bertz CT molecular complexity index is 763. The number of halogens is 1. The zero-order valence-electron chi connectivity index (χ0n) is 13.9. The highest BCUT2D eigenvalue weighted by molar-refractivity contribution is 5.96. The van der Waals surface area contributed by atoms with Crippen LogP contribution in [0.4, 0.5) is 10.1 Å². The average Bonchev–Trinajstić information content (AvgIpc) is 3.34. The second-order valence-electron chi connectivity index (χ2n) is 6.25. The van der Waals surface area contributed by atoms with Crippen LogP contribution < -0.4 is 5.32 Å². The van der Waals surface area contributed by atoms with E-state index >= 15 is 0 Å². The Labute approximate surface area is 146 Å². The van der Waals surface area contributed by atoms with Gasteiger partial charge in [0.05, 0.1) is 5.92 Å². The molecule has 0 aliphatic heterocycles. The summed E-state index contributed by atoms with van der Waals surface area (Å²) in [5.74, 6) is -1.78. The van der Waals surface area contributed by atoms with Gasteiger partial charge in [-0.2, -0.15) is 0 Å². The molecule has 0 saturated heterocycles. The summed E-state index contributed by atoms with van der Waals surface area (Å²) >= 11 is 0. The molecule has 25 heavy (non-hydrogen) atoms. The average molecular weight is 341 g/mol. The second-order valence-corrected chi connectivity index (χ2v) is 6.25. The van der Waals surface area contributed by atoms with Gasteiger partial charge < -0.3 is 10.1 Å². The van der Waals surface area contributed by atoms with Crippen molar-refractivity contribution < 1.29 is 18.7 Å². The summed E-state index contributed by atoms with van der Waals surface area (Å²) in [4.78, 5) is 23.9. The van der Waals surface area contributed by atoms with Gasteiger partial charge in [0.2, 0.25) is 0 Å². The molecule has 1 aliphatic rings. The number of para-hydroxylation sites is 1. The molecule has 0 aromatic heterocycles. The number of carbonyl (C=O) groups is 2. The first-order valence-electron chi connectivity index (χ1n) is 8.32. The summed E-state index contributed by atoms with van der Waals surface area (Å²) in [7, 11) is 0. The zero-order valence-corrected chi connectivity index (χ0v) is 13.9. The Morgan fingerprint density at radius 3 is 2.48 bits per heavy atom. The van der Waals surface area contributed by atoms with Crippen LogP contribution in [0.3, 0.4) is 0 Å². The Balaban J connectivity index is 1.63. The van der Waals surface area contributed by atoms with Crippen molar-refractivity contribution in [3.63, 3.8) is 0 Å². The highest BCUT2D eigenvalue weighted by Crippen LogP contribution is 2.35. The molecule has 4 nitrogen and oxygen atoms in total. The molecular weight excluding hydrogens is 321 g/mol. The number of benzene rings is 2. The summed E-state index contributed by atoms with van der Waals surface area (Å²) in [6, 6.07) is 17.4. The number of ether oxygens (including phenoxy) is 1. The van der Waals surface area contributed by atoms with Gasteiger partial charge >= 0.3 is 5.97 Å². The van der Waals surface area contributed by atoms with Gasteiger partial charge in [-0.15, -0.1) is 0 Å². The Morgan fingerprint density at radius 2 is 1.80 bits per heavy atom. The molecule has 3 rings (SSSR count). The van der Waals surface area contributed by atoms with Crippen LogP contribution in [0.15, 0.2) is 54.6 Å². The van der Waals surface area contributed by atoms with E-state index in [-0.39, 0.29) is 6.42 Å². The summed E-state index contributed by atoms with van der Waals surface area (Å²) in [5.41, 5.74) is 2.77. The number of hydrogen-bond donors (Lipinski definition) is 1. The minimum atomic E-state index is -1.13. The third-order valence-electron chi connectivity index (χ3n) is 4.19. The Hall–Kier alpha value is -2.69. The molecule has 5 heteroatoms. The van der Waals surface area contributed by atoms with E-state index < -0.39 is 30.1 Å². The van der Waals surface area contributed by atoms with Crippen molar-refractivity contribution in [2.75, 3.05) is 5.32 Å². The van der Waals surface area contributed by atoms with E-state index in [1.54, 1.807) is 0 Å². The summed E-state index contributed by atoms with van der Waals surface area (Å²) in [6.45, 7) is 1.49. The normalized spacial score (nSPS) is 19.8. The predicted octanol–water partition coefficient (Wildman–Crippen LogP) is 3.51. The maximum Gasteiger partial charge on any atom is 0.312 e. The van der Waals surface area contributed by atoms with Crippen LogP contribution in [0, 0.1) is 5.92 Å². The van der Waals surface area contributed by atoms with Crippen LogP contribution in [-0.4, -0.2) is 24.2 Å². The van der Waals surface area contributed by atoms with E-state index in [0.717, 1.165) is 11.1 Å². The third kappa shape index (κ3) is 4.44. The number of amides is 1. The first-order chi connectivity index (χ1) is 12.0. The Kier molecular flexibility index (Phi) is 5.12. The summed E-state index contributed by atoms with van der Waals surface area (Å²) in [6.07, 6.45) is -1.23. The molecule has 3 atom stereocenters. The molecule has 1 N–H and O–H groups in total. The molecule has 1 unspecified atom stereocenters. The van der Waals surface area contributed by atoms with Crippen molar-refractivity contribution in [1.82, 2.24) is 0 Å². The molecular formula is C20H20FNO3. The lowest BCUT2D eigenvalue weighted by atomic mass is 10.0. The number of nitrogens with one attached hydrogen (secondary N) is 1. The fourth-order valence-corrected chi connectivity index (χ4v) is 2.57. The zero-order chi connectivity index (χ0) is 17.8. The quantitative estimate of drug-likeness (QED) is 0.818. The van der Waals surface area contributed by atoms with Gasteiger partial charge in [0.25, 0.3) is 5.91 Å². The fraction of sp³-hybridized carbons (Fsp3) is 0.300. The van der Waals surface area contributed by atoms with Crippen molar-refractivity contribution in [2.45, 2.75) is 32.0 Å². The van der Waals surface area contributed by atoms with Crippen molar-refractivity contribution in [3.8, 4) is 0 Å². The summed E-state index contributed by atoms with van der Waals surface area (Å²) in [5, 5.41) is 2.80. The van der Waals surface area contributed by atoms with E-state index in [0.29, 0.717) is 12.1 Å². The fourth-order valence-electron chi connectivity index (χ4n) is 2.57. The van der Waals surface area contributed by atoms with E-state index in [1.165, 1.54) is 6.92 Å². The second kappa shape index (κ2) is 7.47. The standard InChI is InChI=1S/C20H20FNO3/c1-13(25-20(24)16-12-17(16)21)19(23)22-18-10-6-5-9-15(18)11-14-7-3-2-4-8-14/h2-10,13,16-17H,11-12H2,1H3,(H,22,23)/t13?,16-,17+/m1/s1.